The molecular formula is C13H13ClN2O2. The first-order valence-corrected chi connectivity index (χ1v) is 6.40. The molecule has 0 bridgehead atoms. The molecule has 0 aliphatic carbocycles. The molecule has 5 heteroatoms. The third kappa shape index (κ3) is 1.82. The average Bonchev–Trinajstić information content (AvgIpc) is 2.81. The van der Waals surface area contributed by atoms with Gasteiger partial charge in [0.25, 0.3) is 0 Å². The Hall–Kier alpha value is -1.39. The van der Waals surface area contributed by atoms with E-state index in [9.17, 15) is 9.59 Å². The normalized spacial score (nSPS) is 28.1. The van der Waals surface area contributed by atoms with Gasteiger partial charge in [-0.2, -0.15) is 0 Å². The molecule has 2 aliphatic rings. The number of imide groups is 1. The van der Waals surface area contributed by atoms with Gasteiger partial charge < -0.3 is 0 Å². The van der Waals surface area contributed by atoms with Gasteiger partial charge in [0.1, 0.15) is 6.04 Å². The third-order valence-electron chi connectivity index (χ3n) is 3.61. The van der Waals surface area contributed by atoms with Crippen molar-refractivity contribution in [3.05, 3.63) is 34.9 Å². The van der Waals surface area contributed by atoms with Crippen LogP contribution in [0, 0.1) is 0 Å². The number of amides is 2. The molecule has 3 rings (SSSR count). The SMILES string of the molecule is O=C1NC(=O)[C@@H](c2ccc(Cl)cc2)N2CCC[C@@H]12. The van der Waals surface area contributed by atoms with Crippen LogP contribution in [-0.2, 0) is 9.59 Å². The summed E-state index contributed by atoms with van der Waals surface area (Å²) in [6, 6.07) is 6.70. The zero-order valence-electron chi connectivity index (χ0n) is 9.73. The standard InChI is InChI=1S/C13H13ClN2O2/c14-9-5-3-8(4-6-9)11-13(18)15-12(17)10-2-1-7-16(10)11/h3-6,10-11H,1-2,7H2,(H,15,17,18)/t10-,11+/m0/s1. The van der Waals surface area contributed by atoms with E-state index in [-0.39, 0.29) is 23.9 Å². The number of carbonyl (C=O) groups excluding carboxylic acids is 2. The Balaban J connectivity index is 1.96. The van der Waals surface area contributed by atoms with E-state index in [2.05, 4.69) is 5.32 Å². The number of rotatable bonds is 1. The Morgan fingerprint density at radius 1 is 1.17 bits per heavy atom. The van der Waals surface area contributed by atoms with E-state index >= 15 is 0 Å². The highest BCUT2D eigenvalue weighted by molar-refractivity contribution is 6.30. The topological polar surface area (TPSA) is 49.4 Å². The van der Waals surface area contributed by atoms with Crippen molar-refractivity contribution in [2.75, 3.05) is 6.54 Å². The molecule has 2 aliphatic heterocycles. The Morgan fingerprint density at radius 3 is 2.61 bits per heavy atom. The summed E-state index contributed by atoms with van der Waals surface area (Å²) in [6.45, 7) is 0.789. The number of fused-ring (bicyclic) bond motifs is 1. The van der Waals surface area contributed by atoms with Crippen LogP contribution in [0.5, 0.6) is 0 Å². The maximum Gasteiger partial charge on any atom is 0.248 e. The Kier molecular flexibility index (Phi) is 2.84. The maximum absolute atomic E-state index is 12.0. The lowest BCUT2D eigenvalue weighted by Gasteiger charge is -2.35. The van der Waals surface area contributed by atoms with Gasteiger partial charge in [-0.1, -0.05) is 23.7 Å². The fraction of sp³-hybridized carbons (Fsp3) is 0.385. The van der Waals surface area contributed by atoms with Crippen LogP contribution >= 0.6 is 11.6 Å². The molecule has 2 saturated heterocycles. The minimum atomic E-state index is -0.368. The van der Waals surface area contributed by atoms with Crippen molar-refractivity contribution in [2.45, 2.75) is 24.9 Å². The second-order valence-corrected chi connectivity index (χ2v) is 5.14. The highest BCUT2D eigenvalue weighted by Crippen LogP contribution is 2.33. The van der Waals surface area contributed by atoms with Crippen molar-refractivity contribution in [3.8, 4) is 0 Å². The average molecular weight is 265 g/mol. The van der Waals surface area contributed by atoms with Gasteiger partial charge in [-0.3, -0.25) is 19.8 Å². The quantitative estimate of drug-likeness (QED) is 0.782. The summed E-state index contributed by atoms with van der Waals surface area (Å²) in [5.41, 5.74) is 0.885. The number of hydrogen-bond acceptors (Lipinski definition) is 3. The lowest BCUT2D eigenvalue weighted by molar-refractivity contribution is -0.143. The van der Waals surface area contributed by atoms with Crippen LogP contribution in [0.25, 0.3) is 0 Å². The molecule has 2 fully saturated rings. The number of piperazine rings is 1. The first-order chi connectivity index (χ1) is 8.66. The summed E-state index contributed by atoms with van der Waals surface area (Å²) in [4.78, 5) is 25.7. The number of nitrogens with one attached hydrogen (secondary N) is 1. The number of carbonyl (C=O) groups is 2. The molecule has 0 saturated carbocycles. The third-order valence-corrected chi connectivity index (χ3v) is 3.86. The Labute approximate surface area is 110 Å². The molecule has 18 heavy (non-hydrogen) atoms. The molecule has 0 aromatic heterocycles. The van der Waals surface area contributed by atoms with Crippen molar-refractivity contribution >= 4 is 23.4 Å². The summed E-state index contributed by atoms with van der Waals surface area (Å²) < 4.78 is 0. The summed E-state index contributed by atoms with van der Waals surface area (Å²) >= 11 is 5.85. The van der Waals surface area contributed by atoms with Crippen molar-refractivity contribution in [1.29, 1.82) is 0 Å². The largest absolute Gasteiger partial charge is 0.293 e. The molecule has 94 valence electrons. The van der Waals surface area contributed by atoms with Crippen LogP contribution in [-0.4, -0.2) is 29.3 Å². The summed E-state index contributed by atoms with van der Waals surface area (Å²) in [6.07, 6.45) is 1.78. The molecule has 0 unspecified atom stereocenters. The second kappa shape index (κ2) is 4.37. The number of nitrogens with zero attached hydrogens (tertiary/aromatic N) is 1. The van der Waals surface area contributed by atoms with E-state index in [0.29, 0.717) is 5.02 Å². The van der Waals surface area contributed by atoms with Gasteiger partial charge in [-0.05, 0) is 30.5 Å². The summed E-state index contributed by atoms with van der Waals surface area (Å²) in [7, 11) is 0. The monoisotopic (exact) mass is 264 g/mol. The van der Waals surface area contributed by atoms with Gasteiger partial charge in [0, 0.05) is 11.6 Å². The van der Waals surface area contributed by atoms with E-state index in [1.165, 1.54) is 0 Å². The zero-order chi connectivity index (χ0) is 12.7. The number of benzene rings is 1. The van der Waals surface area contributed by atoms with Crippen molar-refractivity contribution in [2.24, 2.45) is 0 Å². The molecule has 1 N–H and O–H groups in total. The molecule has 1 aromatic carbocycles. The molecule has 0 spiro atoms. The van der Waals surface area contributed by atoms with E-state index < -0.39 is 0 Å². The fourth-order valence-corrected chi connectivity index (χ4v) is 2.92. The summed E-state index contributed by atoms with van der Waals surface area (Å²) in [5.74, 6) is -0.400. The number of hydrogen-bond donors (Lipinski definition) is 1. The van der Waals surface area contributed by atoms with Crippen molar-refractivity contribution < 1.29 is 9.59 Å². The highest BCUT2D eigenvalue weighted by Gasteiger charge is 2.44. The first kappa shape index (κ1) is 11.7. The predicted octanol–water partition coefficient (Wildman–Crippen LogP) is 1.50. The van der Waals surface area contributed by atoms with E-state index in [4.69, 9.17) is 11.6 Å². The van der Waals surface area contributed by atoms with Crippen LogP contribution in [0.15, 0.2) is 24.3 Å². The van der Waals surface area contributed by atoms with Gasteiger partial charge in [0.05, 0.1) is 6.04 Å². The maximum atomic E-state index is 12.0. The second-order valence-electron chi connectivity index (χ2n) is 4.70. The Bertz CT molecular complexity index is 500. The smallest absolute Gasteiger partial charge is 0.248 e. The predicted molar refractivity (Wildman–Crippen MR) is 67.1 cm³/mol. The van der Waals surface area contributed by atoms with Gasteiger partial charge >= 0.3 is 0 Å². The van der Waals surface area contributed by atoms with Crippen LogP contribution in [0.1, 0.15) is 24.4 Å². The molecule has 0 radical (unpaired) electrons. The van der Waals surface area contributed by atoms with Gasteiger partial charge in [0.15, 0.2) is 0 Å². The van der Waals surface area contributed by atoms with E-state index in [1.807, 2.05) is 17.0 Å². The minimum Gasteiger partial charge on any atom is -0.293 e. The summed E-state index contributed by atoms with van der Waals surface area (Å²) in [5, 5.41) is 3.10. The highest BCUT2D eigenvalue weighted by atomic mass is 35.5. The van der Waals surface area contributed by atoms with Crippen LogP contribution < -0.4 is 5.32 Å². The zero-order valence-corrected chi connectivity index (χ0v) is 10.5. The van der Waals surface area contributed by atoms with Crippen molar-refractivity contribution in [3.63, 3.8) is 0 Å². The van der Waals surface area contributed by atoms with Gasteiger partial charge in [-0.15, -0.1) is 0 Å². The van der Waals surface area contributed by atoms with Gasteiger partial charge in [-0.25, -0.2) is 0 Å². The first-order valence-electron chi connectivity index (χ1n) is 6.03. The van der Waals surface area contributed by atoms with Crippen molar-refractivity contribution in [1.82, 2.24) is 10.2 Å². The Morgan fingerprint density at radius 2 is 1.89 bits per heavy atom. The molecule has 2 heterocycles. The fourth-order valence-electron chi connectivity index (χ4n) is 2.79. The van der Waals surface area contributed by atoms with Crippen LogP contribution in [0.2, 0.25) is 5.02 Å². The van der Waals surface area contributed by atoms with E-state index in [1.54, 1.807) is 12.1 Å². The molecule has 4 nitrogen and oxygen atoms in total. The molecule has 2 atom stereocenters. The van der Waals surface area contributed by atoms with E-state index in [0.717, 1.165) is 24.9 Å². The number of halogens is 1. The lowest BCUT2D eigenvalue weighted by Crippen LogP contribution is -2.56. The van der Waals surface area contributed by atoms with Gasteiger partial charge in [0.2, 0.25) is 11.8 Å². The molecular weight excluding hydrogens is 252 g/mol. The van der Waals surface area contributed by atoms with Crippen LogP contribution in [0.3, 0.4) is 0 Å². The van der Waals surface area contributed by atoms with Crippen LogP contribution in [0.4, 0.5) is 0 Å². The minimum absolute atomic E-state index is 0.164. The molecule has 1 aromatic rings. The molecule has 2 amide bonds. The lowest BCUT2D eigenvalue weighted by atomic mass is 10.0.